The first kappa shape index (κ1) is 32.4. The van der Waals surface area contributed by atoms with Gasteiger partial charge in [0, 0.05) is 34.5 Å². The Labute approximate surface area is 290 Å². The summed E-state index contributed by atoms with van der Waals surface area (Å²) in [5.74, 6) is 2.56. The first-order valence-electron chi connectivity index (χ1n) is 16.0. The maximum Gasteiger partial charge on any atom is 2.00 e. The number of pyridine rings is 1. The summed E-state index contributed by atoms with van der Waals surface area (Å²) in [7, 11) is 0. The molecule has 0 aliphatic carbocycles. The summed E-state index contributed by atoms with van der Waals surface area (Å²) < 4.78 is 10.6. The molecule has 7 aromatic rings. The standard InChI is InChI=1S/C41H38N4O.Pd/c1-8-30-22-31(25(2)3)21-27(5)40(30)41-28(6)43-45(29(41)7)32-12-11-13-33(23-32)46-34-16-17-36-35-14-9-10-15-37(35)44(38(36)24-34)39-20-26(4)18-19-42-39;/h9-22,25H,8H2,1-7H3;/q-2;+2. The van der Waals surface area contributed by atoms with E-state index in [4.69, 9.17) is 14.8 Å². The van der Waals surface area contributed by atoms with Crippen LogP contribution in [-0.4, -0.2) is 19.3 Å². The zero-order valence-electron chi connectivity index (χ0n) is 27.9. The molecule has 6 heteroatoms. The molecule has 0 atom stereocenters. The topological polar surface area (TPSA) is 44.9 Å². The van der Waals surface area contributed by atoms with Gasteiger partial charge in [0.1, 0.15) is 5.82 Å². The fraction of sp³-hybridized carbons (Fsp3) is 0.220. The van der Waals surface area contributed by atoms with Crippen LogP contribution in [0.5, 0.6) is 11.5 Å². The molecule has 0 radical (unpaired) electrons. The molecular formula is C41H38N4OPd. The van der Waals surface area contributed by atoms with Crippen LogP contribution in [0.2, 0.25) is 0 Å². The minimum Gasteiger partial charge on any atom is -0.509 e. The quantitative estimate of drug-likeness (QED) is 0.122. The summed E-state index contributed by atoms with van der Waals surface area (Å²) in [5.41, 5.74) is 12.6. The van der Waals surface area contributed by atoms with Crippen molar-refractivity contribution in [3.05, 3.63) is 131 Å². The second-order valence-electron chi connectivity index (χ2n) is 12.5. The van der Waals surface area contributed by atoms with E-state index in [1.807, 2.05) is 41.2 Å². The third-order valence-corrected chi connectivity index (χ3v) is 8.92. The molecule has 7 rings (SSSR count). The molecule has 0 aliphatic heterocycles. The predicted molar refractivity (Wildman–Crippen MR) is 188 cm³/mol. The number of rotatable bonds is 7. The maximum absolute atomic E-state index is 6.43. The zero-order chi connectivity index (χ0) is 32.1. The normalized spacial score (nSPS) is 11.4. The Hall–Kier alpha value is -4.50. The average Bonchev–Trinajstić information content (AvgIpc) is 3.53. The summed E-state index contributed by atoms with van der Waals surface area (Å²) in [4.78, 5) is 4.69. The zero-order valence-corrected chi connectivity index (χ0v) is 29.4. The van der Waals surface area contributed by atoms with E-state index in [0.717, 1.165) is 56.7 Å². The average molecular weight is 709 g/mol. The third kappa shape index (κ3) is 5.82. The molecule has 5 nitrogen and oxygen atoms in total. The van der Waals surface area contributed by atoms with Gasteiger partial charge in [0.2, 0.25) is 0 Å². The monoisotopic (exact) mass is 708 g/mol. The van der Waals surface area contributed by atoms with Crippen LogP contribution in [0.1, 0.15) is 60.3 Å². The maximum atomic E-state index is 6.43. The van der Waals surface area contributed by atoms with Gasteiger partial charge in [-0.3, -0.25) is 4.68 Å². The van der Waals surface area contributed by atoms with Crippen LogP contribution in [0.3, 0.4) is 0 Å². The van der Waals surface area contributed by atoms with Gasteiger partial charge in [0.15, 0.2) is 0 Å². The van der Waals surface area contributed by atoms with Gasteiger partial charge in [0.25, 0.3) is 0 Å². The predicted octanol–water partition coefficient (Wildman–Crippen LogP) is 10.3. The summed E-state index contributed by atoms with van der Waals surface area (Å²) in [5, 5.41) is 7.26. The van der Waals surface area contributed by atoms with Crippen LogP contribution in [-0.2, 0) is 26.8 Å². The Morgan fingerprint density at radius 1 is 0.809 bits per heavy atom. The van der Waals surface area contributed by atoms with Crippen molar-refractivity contribution in [1.82, 2.24) is 19.3 Å². The molecule has 4 aromatic carbocycles. The van der Waals surface area contributed by atoms with Crippen molar-refractivity contribution in [2.24, 2.45) is 0 Å². The number of para-hydroxylation sites is 1. The molecule has 47 heavy (non-hydrogen) atoms. The van der Waals surface area contributed by atoms with Crippen molar-refractivity contribution >= 4 is 21.8 Å². The number of aromatic nitrogens is 4. The molecular weight excluding hydrogens is 671 g/mol. The van der Waals surface area contributed by atoms with Crippen molar-refractivity contribution in [2.75, 3.05) is 0 Å². The molecule has 0 bridgehead atoms. The Balaban J connectivity index is 0.00000386. The largest absolute Gasteiger partial charge is 2.00 e. The number of fused-ring (bicyclic) bond motifs is 3. The van der Waals surface area contributed by atoms with E-state index < -0.39 is 0 Å². The van der Waals surface area contributed by atoms with E-state index in [1.54, 1.807) is 0 Å². The van der Waals surface area contributed by atoms with E-state index in [1.165, 1.54) is 27.8 Å². The fourth-order valence-corrected chi connectivity index (χ4v) is 6.65. The number of hydrogen-bond acceptors (Lipinski definition) is 3. The van der Waals surface area contributed by atoms with Crippen LogP contribution in [0, 0.1) is 39.8 Å². The van der Waals surface area contributed by atoms with Crippen LogP contribution in [0.4, 0.5) is 0 Å². The molecule has 0 aliphatic rings. The molecule has 0 amide bonds. The Morgan fingerprint density at radius 3 is 2.36 bits per heavy atom. The van der Waals surface area contributed by atoms with Crippen molar-refractivity contribution in [1.29, 1.82) is 0 Å². The molecule has 0 N–H and O–H groups in total. The second-order valence-corrected chi connectivity index (χ2v) is 12.5. The van der Waals surface area contributed by atoms with Gasteiger partial charge in [-0.1, -0.05) is 56.6 Å². The number of nitrogens with zero attached hydrogens (tertiary/aromatic N) is 4. The Bertz CT molecular complexity index is 2260. The van der Waals surface area contributed by atoms with Gasteiger partial charge in [-0.05, 0) is 97.1 Å². The molecule has 0 saturated heterocycles. The van der Waals surface area contributed by atoms with Crippen LogP contribution >= 0.6 is 0 Å². The van der Waals surface area contributed by atoms with Crippen molar-refractivity contribution in [3.8, 4) is 34.1 Å². The summed E-state index contributed by atoms with van der Waals surface area (Å²) in [6.45, 7) is 15.3. The second kappa shape index (κ2) is 13.0. The minimum atomic E-state index is 0. The number of ether oxygens (including phenoxy) is 1. The molecule has 0 saturated carbocycles. The summed E-state index contributed by atoms with van der Waals surface area (Å²) in [6, 6.07) is 34.2. The third-order valence-electron chi connectivity index (χ3n) is 8.92. The Morgan fingerprint density at radius 2 is 1.60 bits per heavy atom. The van der Waals surface area contributed by atoms with Gasteiger partial charge in [0.05, 0.1) is 5.69 Å². The van der Waals surface area contributed by atoms with Crippen LogP contribution < -0.4 is 4.74 Å². The fourth-order valence-electron chi connectivity index (χ4n) is 6.65. The molecule has 238 valence electrons. The smallest absolute Gasteiger partial charge is 0.509 e. The van der Waals surface area contributed by atoms with Crippen LogP contribution in [0.25, 0.3) is 44.4 Å². The molecule has 0 fully saturated rings. The first-order valence-corrected chi connectivity index (χ1v) is 16.0. The van der Waals surface area contributed by atoms with Gasteiger partial charge in [-0.25, -0.2) is 4.98 Å². The van der Waals surface area contributed by atoms with Crippen molar-refractivity contribution < 1.29 is 25.2 Å². The molecule has 3 heterocycles. The van der Waals surface area contributed by atoms with E-state index >= 15 is 0 Å². The molecule has 3 aromatic heterocycles. The van der Waals surface area contributed by atoms with Crippen LogP contribution in [0.15, 0.2) is 85.1 Å². The van der Waals surface area contributed by atoms with Crippen molar-refractivity contribution in [3.63, 3.8) is 0 Å². The molecule has 0 unspecified atom stereocenters. The van der Waals surface area contributed by atoms with Gasteiger partial charge < -0.3 is 9.30 Å². The van der Waals surface area contributed by atoms with Gasteiger partial charge >= 0.3 is 20.4 Å². The van der Waals surface area contributed by atoms with E-state index in [2.05, 4.69) is 114 Å². The minimum absolute atomic E-state index is 0. The van der Waals surface area contributed by atoms with E-state index in [0.29, 0.717) is 17.4 Å². The number of aryl methyl sites for hydroxylation is 4. The van der Waals surface area contributed by atoms with Crippen molar-refractivity contribution in [2.45, 2.75) is 60.8 Å². The number of hydrogen-bond donors (Lipinski definition) is 0. The van der Waals surface area contributed by atoms with Gasteiger partial charge in [-0.2, -0.15) is 17.2 Å². The van der Waals surface area contributed by atoms with Gasteiger partial charge in [-0.15, -0.1) is 35.7 Å². The first-order chi connectivity index (χ1) is 22.2. The summed E-state index contributed by atoms with van der Waals surface area (Å²) >= 11 is 0. The van der Waals surface area contributed by atoms with E-state index in [-0.39, 0.29) is 20.4 Å². The Kier molecular flexibility index (Phi) is 8.94. The van der Waals surface area contributed by atoms with E-state index in [9.17, 15) is 0 Å². The number of benzene rings is 4. The SMILES string of the molecule is CCc1cc(C(C)C)cc(C)c1-c1c(C)nn(-c2[c-]c(Oc3[c-]c4c(cc3)c3ccccc3n4-c3cc(C)ccn3)ccc2)c1C.[Pd+2]. The summed E-state index contributed by atoms with van der Waals surface area (Å²) in [6.07, 6.45) is 2.82. The molecule has 0 spiro atoms.